The monoisotopic (exact) mass is 385 g/mol. The second kappa shape index (κ2) is 7.77. The molecular weight excluding hydrogens is 369 g/mol. The van der Waals surface area contributed by atoms with Crippen LogP contribution in [0.5, 0.6) is 0 Å². The summed E-state index contributed by atoms with van der Waals surface area (Å²) in [6.07, 6.45) is 1.62. The molecule has 3 aromatic rings. The zero-order valence-corrected chi connectivity index (χ0v) is 15.8. The van der Waals surface area contributed by atoms with Gasteiger partial charge in [-0.3, -0.25) is 4.79 Å². The molecule has 6 heteroatoms. The third kappa shape index (κ3) is 3.98. The van der Waals surface area contributed by atoms with E-state index in [1.54, 1.807) is 36.5 Å². The highest BCUT2D eigenvalue weighted by Gasteiger charge is 2.15. The average Bonchev–Trinajstić information content (AvgIpc) is 2.62. The number of aromatic nitrogens is 1. The number of hydrogen-bond donors (Lipinski definition) is 2. The molecule has 1 amide bonds. The largest absolute Gasteiger partial charge is 0.340 e. The van der Waals surface area contributed by atoms with E-state index in [2.05, 4.69) is 15.6 Å². The second-order valence-corrected chi connectivity index (χ2v) is 6.69. The van der Waals surface area contributed by atoms with Crippen molar-refractivity contribution < 1.29 is 4.79 Å². The van der Waals surface area contributed by atoms with Crippen LogP contribution >= 0.6 is 23.2 Å². The Hall–Kier alpha value is -2.56. The molecule has 0 atom stereocenters. The highest BCUT2D eigenvalue weighted by atomic mass is 35.5. The fourth-order valence-electron chi connectivity index (χ4n) is 2.59. The molecule has 0 saturated carbocycles. The van der Waals surface area contributed by atoms with E-state index in [4.69, 9.17) is 23.2 Å². The molecule has 2 aromatic carbocycles. The first kappa shape index (κ1) is 18.2. The normalized spacial score (nSPS) is 10.5. The lowest BCUT2D eigenvalue weighted by molar-refractivity contribution is 0.102. The number of aryl methyl sites for hydroxylation is 2. The number of hydrogen-bond acceptors (Lipinski definition) is 3. The standard InChI is InChI=1S/C20H17Cl2N3O/c1-12-5-3-6-13(2)18(12)25-20(26)15-7-4-10-23-19(15)24-14-8-9-16(21)17(22)11-14/h3-11H,1-2H3,(H,23,24)(H,25,26). The summed E-state index contributed by atoms with van der Waals surface area (Å²) in [7, 11) is 0. The van der Waals surface area contributed by atoms with Gasteiger partial charge in [0, 0.05) is 17.6 Å². The molecular formula is C20H17Cl2N3O. The van der Waals surface area contributed by atoms with Gasteiger partial charge >= 0.3 is 0 Å². The number of carbonyl (C=O) groups is 1. The van der Waals surface area contributed by atoms with E-state index in [1.165, 1.54) is 0 Å². The van der Waals surface area contributed by atoms with Gasteiger partial charge in [0.2, 0.25) is 0 Å². The van der Waals surface area contributed by atoms with Gasteiger partial charge in [-0.2, -0.15) is 0 Å². The Morgan fingerprint density at radius 2 is 1.69 bits per heavy atom. The van der Waals surface area contributed by atoms with Gasteiger partial charge in [-0.25, -0.2) is 4.98 Å². The smallest absolute Gasteiger partial charge is 0.259 e. The first-order valence-corrected chi connectivity index (χ1v) is 8.76. The maximum absolute atomic E-state index is 12.8. The van der Waals surface area contributed by atoms with Gasteiger partial charge in [0.25, 0.3) is 5.91 Å². The Kier molecular flexibility index (Phi) is 5.45. The number of carbonyl (C=O) groups excluding carboxylic acids is 1. The average molecular weight is 386 g/mol. The number of nitrogens with one attached hydrogen (secondary N) is 2. The molecule has 132 valence electrons. The van der Waals surface area contributed by atoms with E-state index in [0.29, 0.717) is 27.1 Å². The number of benzene rings is 2. The fraction of sp³-hybridized carbons (Fsp3) is 0.100. The molecule has 1 heterocycles. The summed E-state index contributed by atoms with van der Waals surface area (Å²) < 4.78 is 0. The molecule has 1 aromatic heterocycles. The van der Waals surface area contributed by atoms with Crippen molar-refractivity contribution in [2.75, 3.05) is 10.6 Å². The number of para-hydroxylation sites is 1. The topological polar surface area (TPSA) is 54.0 Å². The Morgan fingerprint density at radius 3 is 2.38 bits per heavy atom. The Bertz CT molecular complexity index is 953. The minimum absolute atomic E-state index is 0.238. The van der Waals surface area contributed by atoms with Crippen molar-refractivity contribution in [2.24, 2.45) is 0 Å². The molecule has 0 fully saturated rings. The Labute approximate surface area is 162 Å². The van der Waals surface area contributed by atoms with Gasteiger partial charge in [-0.15, -0.1) is 0 Å². The van der Waals surface area contributed by atoms with E-state index in [1.807, 2.05) is 32.0 Å². The number of rotatable bonds is 4. The second-order valence-electron chi connectivity index (χ2n) is 5.87. The van der Waals surface area contributed by atoms with Crippen molar-refractivity contribution in [3.8, 4) is 0 Å². The molecule has 0 aliphatic rings. The molecule has 26 heavy (non-hydrogen) atoms. The van der Waals surface area contributed by atoms with Crippen molar-refractivity contribution in [2.45, 2.75) is 13.8 Å². The van der Waals surface area contributed by atoms with E-state index in [-0.39, 0.29) is 5.91 Å². The lowest BCUT2D eigenvalue weighted by Crippen LogP contribution is -2.16. The summed E-state index contributed by atoms with van der Waals surface area (Å²) in [6, 6.07) is 14.5. The van der Waals surface area contributed by atoms with Gasteiger partial charge in [-0.05, 0) is 55.3 Å². The van der Waals surface area contributed by atoms with Crippen LogP contribution in [0.3, 0.4) is 0 Å². The van der Waals surface area contributed by atoms with Gasteiger partial charge in [0.05, 0.1) is 15.6 Å². The van der Waals surface area contributed by atoms with Crippen molar-refractivity contribution in [3.63, 3.8) is 0 Å². The molecule has 0 spiro atoms. The number of pyridine rings is 1. The van der Waals surface area contributed by atoms with Crippen LogP contribution in [0, 0.1) is 13.8 Å². The summed E-state index contributed by atoms with van der Waals surface area (Å²) in [5.41, 5.74) is 3.93. The number of nitrogens with zero attached hydrogens (tertiary/aromatic N) is 1. The molecule has 0 saturated heterocycles. The minimum atomic E-state index is -0.238. The third-order valence-electron chi connectivity index (χ3n) is 3.95. The van der Waals surface area contributed by atoms with Crippen LogP contribution in [-0.4, -0.2) is 10.9 Å². The molecule has 0 radical (unpaired) electrons. The van der Waals surface area contributed by atoms with Gasteiger partial charge in [0.15, 0.2) is 0 Å². The number of halogens is 2. The number of amides is 1. The zero-order chi connectivity index (χ0) is 18.7. The Morgan fingerprint density at radius 1 is 0.962 bits per heavy atom. The van der Waals surface area contributed by atoms with Crippen LogP contribution in [0.1, 0.15) is 21.5 Å². The Balaban J connectivity index is 1.89. The summed E-state index contributed by atoms with van der Waals surface area (Å²) >= 11 is 12.0. The summed E-state index contributed by atoms with van der Waals surface area (Å²) in [5.74, 6) is 0.202. The van der Waals surface area contributed by atoms with Gasteiger partial charge in [0.1, 0.15) is 5.82 Å². The maximum atomic E-state index is 12.8. The third-order valence-corrected chi connectivity index (χ3v) is 4.69. The van der Waals surface area contributed by atoms with E-state index >= 15 is 0 Å². The van der Waals surface area contributed by atoms with E-state index < -0.39 is 0 Å². The van der Waals surface area contributed by atoms with E-state index in [9.17, 15) is 4.79 Å². The van der Waals surface area contributed by atoms with Crippen LogP contribution in [-0.2, 0) is 0 Å². The zero-order valence-electron chi connectivity index (χ0n) is 14.3. The predicted molar refractivity (Wildman–Crippen MR) is 108 cm³/mol. The molecule has 3 rings (SSSR count). The van der Waals surface area contributed by atoms with Crippen LogP contribution in [0.25, 0.3) is 0 Å². The molecule has 4 nitrogen and oxygen atoms in total. The highest BCUT2D eigenvalue weighted by Crippen LogP contribution is 2.28. The van der Waals surface area contributed by atoms with Crippen molar-refractivity contribution >= 4 is 46.3 Å². The van der Waals surface area contributed by atoms with Crippen molar-refractivity contribution in [1.29, 1.82) is 0 Å². The maximum Gasteiger partial charge on any atom is 0.259 e. The first-order chi connectivity index (χ1) is 12.5. The summed E-state index contributed by atoms with van der Waals surface area (Å²) in [6.45, 7) is 3.92. The predicted octanol–water partition coefficient (Wildman–Crippen LogP) is 6.00. The minimum Gasteiger partial charge on any atom is -0.340 e. The van der Waals surface area contributed by atoms with Crippen molar-refractivity contribution in [3.05, 3.63) is 81.5 Å². The molecule has 0 aliphatic carbocycles. The van der Waals surface area contributed by atoms with Gasteiger partial charge in [-0.1, -0.05) is 41.4 Å². The first-order valence-electron chi connectivity index (χ1n) is 8.00. The van der Waals surface area contributed by atoms with Crippen LogP contribution in [0.4, 0.5) is 17.2 Å². The van der Waals surface area contributed by atoms with Crippen LogP contribution in [0.2, 0.25) is 10.0 Å². The summed E-state index contributed by atoms with van der Waals surface area (Å²) in [5, 5.41) is 6.99. The molecule has 0 bridgehead atoms. The quantitative estimate of drug-likeness (QED) is 0.578. The lowest BCUT2D eigenvalue weighted by Gasteiger charge is -2.14. The SMILES string of the molecule is Cc1cccc(C)c1NC(=O)c1cccnc1Nc1ccc(Cl)c(Cl)c1. The molecule has 0 unspecified atom stereocenters. The van der Waals surface area contributed by atoms with Crippen molar-refractivity contribution in [1.82, 2.24) is 4.98 Å². The number of anilines is 3. The van der Waals surface area contributed by atoms with Gasteiger partial charge < -0.3 is 10.6 Å². The molecule has 2 N–H and O–H groups in total. The van der Waals surface area contributed by atoms with Crippen LogP contribution in [0.15, 0.2) is 54.7 Å². The lowest BCUT2D eigenvalue weighted by atomic mass is 10.1. The molecule has 0 aliphatic heterocycles. The van der Waals surface area contributed by atoms with E-state index in [0.717, 1.165) is 16.8 Å². The highest BCUT2D eigenvalue weighted by molar-refractivity contribution is 6.42. The summed E-state index contributed by atoms with van der Waals surface area (Å²) in [4.78, 5) is 17.1. The fourth-order valence-corrected chi connectivity index (χ4v) is 2.89. The van der Waals surface area contributed by atoms with Crippen LogP contribution < -0.4 is 10.6 Å².